The van der Waals surface area contributed by atoms with Crippen LogP contribution in [0.3, 0.4) is 0 Å². The zero-order chi connectivity index (χ0) is 20.0. The number of aryl methyl sites for hydroxylation is 2. The molecular formula is C24H18N2O2S. The van der Waals surface area contributed by atoms with Gasteiger partial charge >= 0.3 is 0 Å². The van der Waals surface area contributed by atoms with Gasteiger partial charge in [-0.05, 0) is 62.4 Å². The van der Waals surface area contributed by atoms with Crippen LogP contribution in [0.25, 0.3) is 31.8 Å². The number of hydrogen-bond donors (Lipinski definition) is 1. The van der Waals surface area contributed by atoms with E-state index in [0.717, 1.165) is 48.6 Å². The Kier molecular flexibility index (Phi) is 4.18. The van der Waals surface area contributed by atoms with Crippen molar-refractivity contribution in [1.82, 2.24) is 4.98 Å². The van der Waals surface area contributed by atoms with Crippen LogP contribution in [0, 0.1) is 13.8 Å². The third kappa shape index (κ3) is 3.19. The third-order valence-corrected chi connectivity index (χ3v) is 6.07. The second kappa shape index (κ2) is 6.87. The molecule has 0 aliphatic carbocycles. The molecule has 0 atom stereocenters. The summed E-state index contributed by atoms with van der Waals surface area (Å²) in [7, 11) is 0. The highest BCUT2D eigenvalue weighted by atomic mass is 32.1. The number of amides is 1. The van der Waals surface area contributed by atoms with Crippen LogP contribution in [0.4, 0.5) is 5.69 Å². The van der Waals surface area contributed by atoms with Crippen LogP contribution in [0.1, 0.15) is 21.7 Å². The molecule has 0 aliphatic heterocycles. The summed E-state index contributed by atoms with van der Waals surface area (Å²) in [6, 6.07) is 21.7. The molecule has 0 saturated carbocycles. The molecule has 4 nitrogen and oxygen atoms in total. The summed E-state index contributed by atoms with van der Waals surface area (Å²) in [5.41, 5.74) is 5.46. The van der Waals surface area contributed by atoms with Gasteiger partial charge in [0.25, 0.3) is 5.91 Å². The van der Waals surface area contributed by atoms with Crippen LogP contribution in [0.2, 0.25) is 0 Å². The van der Waals surface area contributed by atoms with E-state index in [1.807, 2.05) is 74.5 Å². The molecule has 5 heteroatoms. The minimum atomic E-state index is -0.246. The van der Waals surface area contributed by atoms with E-state index in [4.69, 9.17) is 4.42 Å². The average molecular weight is 398 g/mol. The lowest BCUT2D eigenvalue weighted by Gasteiger charge is -2.05. The summed E-state index contributed by atoms with van der Waals surface area (Å²) >= 11 is 1.66. The molecule has 0 bridgehead atoms. The zero-order valence-corrected chi connectivity index (χ0v) is 16.8. The van der Waals surface area contributed by atoms with E-state index in [1.165, 1.54) is 0 Å². The van der Waals surface area contributed by atoms with E-state index in [-0.39, 0.29) is 5.91 Å². The maximum atomic E-state index is 12.7. The zero-order valence-electron chi connectivity index (χ0n) is 16.0. The number of nitrogens with one attached hydrogen (secondary N) is 1. The molecule has 1 N–H and O–H groups in total. The molecule has 0 spiro atoms. The standard InChI is InChI=1S/C24H18N2O2S/c1-14-7-12-20-18(13-14)15(2)22(28-20)23(27)25-17-10-8-16(9-11-17)24-26-19-5-3-4-6-21(19)29-24/h3-13H,1-2H3,(H,25,27). The van der Waals surface area contributed by atoms with Crippen molar-refractivity contribution in [2.45, 2.75) is 13.8 Å². The highest BCUT2D eigenvalue weighted by Gasteiger charge is 2.18. The molecule has 0 unspecified atom stereocenters. The maximum Gasteiger partial charge on any atom is 0.291 e. The molecule has 3 aromatic carbocycles. The summed E-state index contributed by atoms with van der Waals surface area (Å²) < 4.78 is 6.96. The van der Waals surface area contributed by atoms with Crippen molar-refractivity contribution in [3.63, 3.8) is 0 Å². The van der Waals surface area contributed by atoms with Crippen molar-refractivity contribution in [1.29, 1.82) is 0 Å². The predicted molar refractivity (Wildman–Crippen MR) is 119 cm³/mol. The Labute approximate surface area is 171 Å². The Bertz CT molecular complexity index is 1330. The molecular weight excluding hydrogens is 380 g/mol. The normalized spacial score (nSPS) is 11.2. The van der Waals surface area contributed by atoms with Gasteiger partial charge in [-0.2, -0.15) is 0 Å². The van der Waals surface area contributed by atoms with Crippen LogP contribution < -0.4 is 5.32 Å². The van der Waals surface area contributed by atoms with Gasteiger partial charge in [-0.25, -0.2) is 4.98 Å². The van der Waals surface area contributed by atoms with Gasteiger partial charge in [0, 0.05) is 22.2 Å². The smallest absolute Gasteiger partial charge is 0.291 e. The van der Waals surface area contributed by atoms with E-state index < -0.39 is 0 Å². The van der Waals surface area contributed by atoms with Crippen LogP contribution >= 0.6 is 11.3 Å². The molecule has 0 saturated heterocycles. The van der Waals surface area contributed by atoms with E-state index in [9.17, 15) is 4.79 Å². The van der Waals surface area contributed by atoms with Gasteiger partial charge in [-0.15, -0.1) is 11.3 Å². The average Bonchev–Trinajstić information content (AvgIpc) is 3.30. The lowest BCUT2D eigenvalue weighted by molar-refractivity contribution is 0.0998. The van der Waals surface area contributed by atoms with Gasteiger partial charge in [0.05, 0.1) is 10.2 Å². The number of para-hydroxylation sites is 1. The second-order valence-corrected chi connectivity index (χ2v) is 8.10. The summed E-state index contributed by atoms with van der Waals surface area (Å²) in [5, 5.41) is 4.87. The summed E-state index contributed by atoms with van der Waals surface area (Å²) in [5.74, 6) is 0.102. The topological polar surface area (TPSA) is 55.1 Å². The Morgan fingerprint density at radius 2 is 1.79 bits per heavy atom. The lowest BCUT2D eigenvalue weighted by atomic mass is 10.1. The number of thiazole rings is 1. The van der Waals surface area contributed by atoms with Gasteiger partial charge in [-0.3, -0.25) is 4.79 Å². The number of aromatic nitrogens is 1. The van der Waals surface area contributed by atoms with Crippen molar-refractivity contribution in [2.24, 2.45) is 0 Å². The highest BCUT2D eigenvalue weighted by molar-refractivity contribution is 7.21. The summed E-state index contributed by atoms with van der Waals surface area (Å²) in [6.07, 6.45) is 0. The first-order valence-electron chi connectivity index (χ1n) is 9.35. The Morgan fingerprint density at radius 3 is 2.59 bits per heavy atom. The van der Waals surface area contributed by atoms with E-state index in [2.05, 4.69) is 16.4 Å². The molecule has 2 heterocycles. The number of carbonyl (C=O) groups excluding carboxylic acids is 1. The summed E-state index contributed by atoms with van der Waals surface area (Å²) in [4.78, 5) is 17.4. The van der Waals surface area contributed by atoms with E-state index >= 15 is 0 Å². The summed E-state index contributed by atoms with van der Waals surface area (Å²) in [6.45, 7) is 3.94. The fraction of sp³-hybridized carbons (Fsp3) is 0.0833. The molecule has 0 aliphatic rings. The van der Waals surface area contributed by atoms with Crippen molar-refractivity contribution >= 4 is 44.1 Å². The van der Waals surface area contributed by atoms with Crippen LogP contribution in [-0.4, -0.2) is 10.9 Å². The first kappa shape index (κ1) is 17.6. The predicted octanol–water partition coefficient (Wildman–Crippen LogP) is 6.58. The third-order valence-electron chi connectivity index (χ3n) is 4.98. The van der Waals surface area contributed by atoms with E-state index in [1.54, 1.807) is 11.3 Å². The number of nitrogens with zero attached hydrogens (tertiary/aromatic N) is 1. The number of rotatable bonds is 3. The Hall–Kier alpha value is -3.44. The Morgan fingerprint density at radius 1 is 1.00 bits per heavy atom. The van der Waals surface area contributed by atoms with Gasteiger partial charge in [-0.1, -0.05) is 23.8 Å². The largest absolute Gasteiger partial charge is 0.451 e. The molecule has 29 heavy (non-hydrogen) atoms. The number of carbonyl (C=O) groups is 1. The molecule has 2 aromatic heterocycles. The number of furan rings is 1. The quantitative estimate of drug-likeness (QED) is 0.373. The number of anilines is 1. The van der Waals surface area contributed by atoms with Crippen molar-refractivity contribution in [3.05, 3.63) is 83.6 Å². The minimum Gasteiger partial charge on any atom is -0.451 e. The van der Waals surface area contributed by atoms with Gasteiger partial charge in [0.15, 0.2) is 5.76 Å². The van der Waals surface area contributed by atoms with Crippen molar-refractivity contribution in [3.8, 4) is 10.6 Å². The molecule has 0 fully saturated rings. The van der Waals surface area contributed by atoms with Gasteiger partial charge < -0.3 is 9.73 Å². The van der Waals surface area contributed by atoms with E-state index in [0.29, 0.717) is 5.76 Å². The molecule has 5 rings (SSSR count). The fourth-order valence-corrected chi connectivity index (χ4v) is 4.40. The van der Waals surface area contributed by atoms with Crippen molar-refractivity contribution in [2.75, 3.05) is 5.32 Å². The monoisotopic (exact) mass is 398 g/mol. The fourth-order valence-electron chi connectivity index (χ4n) is 3.43. The van der Waals surface area contributed by atoms with Crippen LogP contribution in [0.15, 0.2) is 71.1 Å². The highest BCUT2D eigenvalue weighted by Crippen LogP contribution is 2.31. The maximum absolute atomic E-state index is 12.7. The van der Waals surface area contributed by atoms with Gasteiger partial charge in [0.1, 0.15) is 10.6 Å². The Balaban J connectivity index is 1.39. The molecule has 0 radical (unpaired) electrons. The minimum absolute atomic E-state index is 0.246. The van der Waals surface area contributed by atoms with Crippen molar-refractivity contribution < 1.29 is 9.21 Å². The lowest BCUT2D eigenvalue weighted by Crippen LogP contribution is -2.11. The van der Waals surface area contributed by atoms with Crippen LogP contribution in [-0.2, 0) is 0 Å². The first-order valence-corrected chi connectivity index (χ1v) is 10.2. The van der Waals surface area contributed by atoms with Gasteiger partial charge in [0.2, 0.25) is 0 Å². The molecule has 142 valence electrons. The number of hydrogen-bond acceptors (Lipinski definition) is 4. The second-order valence-electron chi connectivity index (χ2n) is 7.07. The molecule has 5 aromatic rings. The van der Waals surface area contributed by atoms with Crippen LogP contribution in [0.5, 0.6) is 0 Å². The SMILES string of the molecule is Cc1ccc2oc(C(=O)Nc3ccc(-c4nc5ccccc5s4)cc3)c(C)c2c1. The number of benzene rings is 3. The molecule has 1 amide bonds. The first-order chi connectivity index (χ1) is 14.1. The number of fused-ring (bicyclic) bond motifs is 2.